The predicted molar refractivity (Wildman–Crippen MR) is 88.3 cm³/mol. The minimum absolute atomic E-state index is 0.0631. The molecular weight excluding hydrogens is 274 g/mol. The van der Waals surface area contributed by atoms with Crippen LogP contribution in [0.5, 0.6) is 0 Å². The Labute approximate surface area is 132 Å². The maximum atomic E-state index is 12.4. The molecule has 2 fully saturated rings. The van der Waals surface area contributed by atoms with E-state index in [4.69, 9.17) is 0 Å². The predicted octanol–water partition coefficient (Wildman–Crippen LogP) is 3.16. The van der Waals surface area contributed by atoms with Crippen LogP contribution in [0.1, 0.15) is 43.2 Å². The Kier molecular flexibility index (Phi) is 4.34. The molecule has 2 aliphatic rings. The van der Waals surface area contributed by atoms with E-state index in [0.717, 1.165) is 31.2 Å². The molecule has 1 amide bonds. The summed E-state index contributed by atoms with van der Waals surface area (Å²) in [5.74, 6) is 0.319. The molecule has 0 spiro atoms. The topological polar surface area (TPSA) is 40.5 Å². The maximum absolute atomic E-state index is 12.4. The zero-order valence-corrected chi connectivity index (χ0v) is 13.3. The Morgan fingerprint density at radius 1 is 1.27 bits per heavy atom. The number of carbonyl (C=O) groups excluding carboxylic acids is 1. The van der Waals surface area contributed by atoms with Gasteiger partial charge in [0.1, 0.15) is 0 Å². The summed E-state index contributed by atoms with van der Waals surface area (Å²) in [5, 5.41) is 10.7. The first-order chi connectivity index (χ1) is 10.6. The van der Waals surface area contributed by atoms with Gasteiger partial charge in [0, 0.05) is 25.1 Å². The first-order valence-electron chi connectivity index (χ1n) is 8.33. The van der Waals surface area contributed by atoms with E-state index in [-0.39, 0.29) is 11.8 Å². The fraction of sp³-hybridized carbons (Fsp3) is 0.526. The Morgan fingerprint density at radius 3 is 2.82 bits per heavy atom. The third-order valence-corrected chi connectivity index (χ3v) is 5.24. The van der Waals surface area contributed by atoms with Crippen molar-refractivity contribution in [3.8, 4) is 0 Å². The van der Waals surface area contributed by atoms with Crippen molar-refractivity contribution < 1.29 is 9.90 Å². The van der Waals surface area contributed by atoms with Gasteiger partial charge in [-0.15, -0.1) is 0 Å². The van der Waals surface area contributed by atoms with Gasteiger partial charge in [0.05, 0.1) is 5.60 Å². The van der Waals surface area contributed by atoms with Gasteiger partial charge in [0.2, 0.25) is 5.91 Å². The molecular formula is C19H25NO2. The third kappa shape index (κ3) is 3.25. The lowest BCUT2D eigenvalue weighted by Crippen LogP contribution is -2.54. The molecule has 1 saturated heterocycles. The van der Waals surface area contributed by atoms with Crippen LogP contribution >= 0.6 is 0 Å². The van der Waals surface area contributed by atoms with E-state index < -0.39 is 5.60 Å². The van der Waals surface area contributed by atoms with Gasteiger partial charge in [-0.1, -0.05) is 42.7 Å². The van der Waals surface area contributed by atoms with E-state index in [1.165, 1.54) is 12.0 Å². The van der Waals surface area contributed by atoms with Gasteiger partial charge >= 0.3 is 0 Å². The second-order valence-electron chi connectivity index (χ2n) is 6.82. The van der Waals surface area contributed by atoms with E-state index in [2.05, 4.69) is 6.92 Å². The van der Waals surface area contributed by atoms with Crippen molar-refractivity contribution in [2.24, 2.45) is 5.92 Å². The quantitative estimate of drug-likeness (QED) is 0.852. The molecule has 3 rings (SSSR count). The molecule has 22 heavy (non-hydrogen) atoms. The van der Waals surface area contributed by atoms with Crippen molar-refractivity contribution in [1.82, 2.24) is 4.90 Å². The van der Waals surface area contributed by atoms with Crippen LogP contribution < -0.4 is 0 Å². The lowest BCUT2D eigenvalue weighted by molar-refractivity contribution is -0.138. The summed E-state index contributed by atoms with van der Waals surface area (Å²) >= 11 is 0. The molecule has 0 bridgehead atoms. The van der Waals surface area contributed by atoms with Crippen molar-refractivity contribution in [1.29, 1.82) is 0 Å². The van der Waals surface area contributed by atoms with Gasteiger partial charge in [0.25, 0.3) is 0 Å². The highest BCUT2D eigenvalue weighted by Crippen LogP contribution is 2.39. The lowest BCUT2D eigenvalue weighted by atomic mass is 9.71. The highest BCUT2D eigenvalue weighted by Gasteiger charge is 2.43. The monoisotopic (exact) mass is 299 g/mol. The minimum atomic E-state index is -0.518. The summed E-state index contributed by atoms with van der Waals surface area (Å²) in [6.07, 6.45) is 8.51. The molecule has 118 valence electrons. The number of piperidine rings is 1. The van der Waals surface area contributed by atoms with Gasteiger partial charge in [0.15, 0.2) is 0 Å². The second kappa shape index (κ2) is 6.25. The molecule has 0 aromatic heterocycles. The van der Waals surface area contributed by atoms with Crippen LogP contribution in [0.3, 0.4) is 0 Å². The number of carbonyl (C=O) groups is 1. The number of aliphatic hydroxyl groups is 1. The van der Waals surface area contributed by atoms with Crippen molar-refractivity contribution >= 4 is 12.0 Å². The number of fused-ring (bicyclic) bond motifs is 1. The highest BCUT2D eigenvalue weighted by molar-refractivity contribution is 5.91. The van der Waals surface area contributed by atoms with Gasteiger partial charge in [-0.25, -0.2) is 0 Å². The number of likely N-dealkylation sites (tertiary alicyclic amines) is 1. The largest absolute Gasteiger partial charge is 0.389 e. The molecule has 3 heteroatoms. The first kappa shape index (κ1) is 15.3. The Hall–Kier alpha value is -1.61. The second-order valence-corrected chi connectivity index (χ2v) is 6.82. The van der Waals surface area contributed by atoms with Crippen LogP contribution in [0.25, 0.3) is 6.08 Å². The van der Waals surface area contributed by atoms with Gasteiger partial charge in [-0.3, -0.25) is 4.79 Å². The molecule has 2 atom stereocenters. The lowest BCUT2D eigenvalue weighted by Gasteiger charge is -2.47. The van der Waals surface area contributed by atoms with Crippen LogP contribution in [0.2, 0.25) is 0 Å². The number of hydrogen-bond donors (Lipinski definition) is 1. The SMILES string of the molecule is Cc1ccc(/C=C/C(=O)N2CC[C@]3(O)CCCC[C@H]3C2)cc1. The van der Waals surface area contributed by atoms with Gasteiger partial charge in [-0.05, 0) is 37.8 Å². The highest BCUT2D eigenvalue weighted by atomic mass is 16.3. The van der Waals surface area contributed by atoms with Crippen molar-refractivity contribution in [3.05, 3.63) is 41.5 Å². The average Bonchev–Trinajstić information content (AvgIpc) is 2.53. The van der Waals surface area contributed by atoms with Crippen molar-refractivity contribution in [2.45, 2.75) is 44.6 Å². The summed E-state index contributed by atoms with van der Waals surface area (Å²) in [7, 11) is 0. The Morgan fingerprint density at radius 2 is 2.05 bits per heavy atom. The number of hydrogen-bond acceptors (Lipinski definition) is 2. The number of aryl methyl sites for hydroxylation is 1. The number of nitrogens with zero attached hydrogens (tertiary/aromatic N) is 1. The Balaban J connectivity index is 1.62. The molecule has 1 saturated carbocycles. The fourth-order valence-electron chi connectivity index (χ4n) is 3.72. The van der Waals surface area contributed by atoms with Crippen LogP contribution in [0.15, 0.2) is 30.3 Å². The summed E-state index contributed by atoms with van der Waals surface area (Å²) in [6.45, 7) is 3.43. The van der Waals surface area contributed by atoms with Crippen molar-refractivity contribution in [2.75, 3.05) is 13.1 Å². The normalized spacial score (nSPS) is 28.6. The average molecular weight is 299 g/mol. The molecule has 1 aliphatic heterocycles. The van der Waals surface area contributed by atoms with E-state index in [1.54, 1.807) is 6.08 Å². The zero-order valence-electron chi connectivity index (χ0n) is 13.3. The standard InChI is InChI=1S/C19H25NO2/c1-15-5-7-16(8-6-15)9-10-18(21)20-13-12-19(22)11-3-2-4-17(19)14-20/h5-10,17,22H,2-4,11-14H2,1H3/b10-9+/t17-,19+/m0/s1. The van der Waals surface area contributed by atoms with E-state index in [1.807, 2.05) is 35.2 Å². The maximum Gasteiger partial charge on any atom is 0.246 e. The molecule has 0 radical (unpaired) electrons. The van der Waals surface area contributed by atoms with Crippen LogP contribution in [-0.4, -0.2) is 34.6 Å². The van der Waals surface area contributed by atoms with Crippen molar-refractivity contribution in [3.63, 3.8) is 0 Å². The molecule has 1 aromatic rings. The van der Waals surface area contributed by atoms with E-state index in [9.17, 15) is 9.90 Å². The molecule has 1 N–H and O–H groups in total. The molecule has 0 unspecified atom stereocenters. The van der Waals surface area contributed by atoms with E-state index in [0.29, 0.717) is 13.1 Å². The smallest absolute Gasteiger partial charge is 0.246 e. The summed E-state index contributed by atoms with van der Waals surface area (Å²) in [6, 6.07) is 8.14. The molecule has 1 heterocycles. The molecule has 3 nitrogen and oxygen atoms in total. The van der Waals surface area contributed by atoms with Gasteiger partial charge < -0.3 is 10.0 Å². The minimum Gasteiger partial charge on any atom is -0.389 e. The van der Waals surface area contributed by atoms with Crippen LogP contribution in [-0.2, 0) is 4.79 Å². The molecule has 1 aliphatic carbocycles. The van der Waals surface area contributed by atoms with E-state index >= 15 is 0 Å². The first-order valence-corrected chi connectivity index (χ1v) is 8.33. The molecule has 1 aromatic carbocycles. The van der Waals surface area contributed by atoms with Crippen LogP contribution in [0.4, 0.5) is 0 Å². The third-order valence-electron chi connectivity index (χ3n) is 5.24. The Bertz CT molecular complexity index is 563. The number of rotatable bonds is 2. The zero-order chi connectivity index (χ0) is 15.6. The summed E-state index contributed by atoms with van der Waals surface area (Å²) in [5.41, 5.74) is 1.75. The number of benzene rings is 1. The fourth-order valence-corrected chi connectivity index (χ4v) is 3.72. The van der Waals surface area contributed by atoms with Crippen LogP contribution in [0, 0.1) is 12.8 Å². The summed E-state index contributed by atoms with van der Waals surface area (Å²) < 4.78 is 0. The van der Waals surface area contributed by atoms with Gasteiger partial charge in [-0.2, -0.15) is 0 Å². The number of amides is 1. The summed E-state index contributed by atoms with van der Waals surface area (Å²) in [4.78, 5) is 14.3.